The van der Waals surface area contributed by atoms with Gasteiger partial charge in [-0.1, -0.05) is 37.3 Å². The number of halogens is 1. The highest BCUT2D eigenvalue weighted by atomic mass is 35.5. The molecule has 1 saturated carbocycles. The molecule has 3 N–H and O–H groups in total. The van der Waals surface area contributed by atoms with Crippen molar-refractivity contribution in [1.82, 2.24) is 5.43 Å². The van der Waals surface area contributed by atoms with Crippen molar-refractivity contribution in [3.8, 4) is 0 Å². The molecular weight excluding hydrogens is 240 g/mol. The number of rotatable bonds is 5. The van der Waals surface area contributed by atoms with Gasteiger partial charge in [0.15, 0.2) is 0 Å². The van der Waals surface area contributed by atoms with Crippen LogP contribution in [0.5, 0.6) is 0 Å². The Balaban J connectivity index is 1.84. The van der Waals surface area contributed by atoms with Crippen molar-refractivity contribution in [2.45, 2.75) is 44.6 Å². The van der Waals surface area contributed by atoms with Crippen LogP contribution in [0.15, 0.2) is 12.1 Å². The fourth-order valence-electron chi connectivity index (χ4n) is 2.56. The summed E-state index contributed by atoms with van der Waals surface area (Å²) in [5.74, 6) is 6.50. The van der Waals surface area contributed by atoms with E-state index in [-0.39, 0.29) is 0 Å². The van der Waals surface area contributed by atoms with Crippen LogP contribution in [0.3, 0.4) is 0 Å². The van der Waals surface area contributed by atoms with Crippen LogP contribution in [0.1, 0.15) is 37.0 Å². The second-order valence-electron chi connectivity index (χ2n) is 4.66. The van der Waals surface area contributed by atoms with Crippen LogP contribution < -0.4 is 11.3 Å². The van der Waals surface area contributed by atoms with E-state index >= 15 is 0 Å². The number of hydrogen-bond donors (Lipinski definition) is 2. The van der Waals surface area contributed by atoms with Crippen molar-refractivity contribution in [3.63, 3.8) is 0 Å². The molecular formula is C12H19ClN2S. The summed E-state index contributed by atoms with van der Waals surface area (Å²) in [5.41, 5.74) is 2.95. The number of thiophene rings is 1. The topological polar surface area (TPSA) is 38.0 Å². The van der Waals surface area contributed by atoms with Gasteiger partial charge in [-0.05, 0) is 30.9 Å². The van der Waals surface area contributed by atoms with Crippen molar-refractivity contribution in [1.29, 1.82) is 0 Å². The van der Waals surface area contributed by atoms with E-state index in [0.29, 0.717) is 6.04 Å². The molecule has 0 bridgehead atoms. The predicted molar refractivity (Wildman–Crippen MR) is 70.7 cm³/mol. The van der Waals surface area contributed by atoms with Crippen LogP contribution in [0.4, 0.5) is 0 Å². The molecule has 1 fully saturated rings. The molecule has 0 radical (unpaired) electrons. The molecule has 1 aliphatic carbocycles. The second-order valence-corrected chi connectivity index (χ2v) is 6.46. The summed E-state index contributed by atoms with van der Waals surface area (Å²) in [6.45, 7) is 0. The van der Waals surface area contributed by atoms with Gasteiger partial charge in [-0.2, -0.15) is 0 Å². The van der Waals surface area contributed by atoms with E-state index < -0.39 is 0 Å². The Kier molecular flexibility index (Phi) is 4.65. The molecule has 0 amide bonds. The lowest BCUT2D eigenvalue weighted by Gasteiger charge is -2.18. The maximum atomic E-state index is 5.92. The van der Waals surface area contributed by atoms with Crippen LogP contribution in [0.25, 0.3) is 0 Å². The van der Waals surface area contributed by atoms with Gasteiger partial charge in [-0.3, -0.25) is 11.3 Å². The summed E-state index contributed by atoms with van der Waals surface area (Å²) in [4.78, 5) is 1.32. The highest BCUT2D eigenvalue weighted by Crippen LogP contribution is 2.30. The second kappa shape index (κ2) is 6.01. The molecule has 1 heterocycles. The first-order valence-corrected chi connectivity index (χ1v) is 7.17. The van der Waals surface area contributed by atoms with E-state index in [2.05, 4.69) is 11.5 Å². The van der Waals surface area contributed by atoms with Crippen LogP contribution in [0, 0.1) is 5.92 Å². The van der Waals surface area contributed by atoms with Gasteiger partial charge in [-0.15, -0.1) is 11.3 Å². The van der Waals surface area contributed by atoms with Gasteiger partial charge in [-0.25, -0.2) is 0 Å². The lowest BCUT2D eigenvalue weighted by Crippen LogP contribution is -2.37. The molecule has 4 heteroatoms. The van der Waals surface area contributed by atoms with Crippen molar-refractivity contribution in [3.05, 3.63) is 21.3 Å². The molecule has 90 valence electrons. The van der Waals surface area contributed by atoms with E-state index in [1.54, 1.807) is 11.3 Å². The summed E-state index contributed by atoms with van der Waals surface area (Å²) in [6, 6.07) is 4.47. The van der Waals surface area contributed by atoms with Crippen molar-refractivity contribution in [2.75, 3.05) is 0 Å². The van der Waals surface area contributed by atoms with E-state index in [9.17, 15) is 0 Å². The third-order valence-electron chi connectivity index (χ3n) is 3.40. The highest BCUT2D eigenvalue weighted by molar-refractivity contribution is 7.16. The zero-order valence-electron chi connectivity index (χ0n) is 9.42. The Labute approximate surface area is 106 Å². The molecule has 0 aliphatic heterocycles. The van der Waals surface area contributed by atoms with Crippen molar-refractivity contribution < 1.29 is 0 Å². The summed E-state index contributed by atoms with van der Waals surface area (Å²) >= 11 is 7.58. The first-order valence-electron chi connectivity index (χ1n) is 5.98. The fraction of sp³-hybridized carbons (Fsp3) is 0.667. The Bertz CT molecular complexity index is 321. The molecule has 1 aromatic rings. The number of hydrogen-bond acceptors (Lipinski definition) is 3. The van der Waals surface area contributed by atoms with Gasteiger partial charge in [0.2, 0.25) is 0 Å². The molecule has 1 atom stereocenters. The lowest BCUT2D eigenvalue weighted by molar-refractivity contribution is 0.391. The Morgan fingerprint density at radius 2 is 2.19 bits per heavy atom. The molecule has 1 unspecified atom stereocenters. The number of nitrogens with two attached hydrogens (primary N) is 1. The van der Waals surface area contributed by atoms with Crippen molar-refractivity contribution in [2.24, 2.45) is 11.8 Å². The lowest BCUT2D eigenvalue weighted by atomic mass is 9.96. The van der Waals surface area contributed by atoms with E-state index in [0.717, 1.165) is 16.7 Å². The molecule has 0 aromatic carbocycles. The number of hydrazine groups is 1. The van der Waals surface area contributed by atoms with Gasteiger partial charge in [0.1, 0.15) is 0 Å². The van der Waals surface area contributed by atoms with Crippen molar-refractivity contribution >= 4 is 22.9 Å². The third-order valence-corrected chi connectivity index (χ3v) is 4.66. The molecule has 16 heavy (non-hydrogen) atoms. The molecule has 0 saturated heterocycles. The monoisotopic (exact) mass is 258 g/mol. The minimum Gasteiger partial charge on any atom is -0.271 e. The molecule has 2 nitrogen and oxygen atoms in total. The molecule has 2 rings (SSSR count). The summed E-state index contributed by atoms with van der Waals surface area (Å²) in [7, 11) is 0. The fourth-order valence-corrected chi connectivity index (χ4v) is 3.73. The van der Waals surface area contributed by atoms with Crippen LogP contribution >= 0.6 is 22.9 Å². The third kappa shape index (κ3) is 3.45. The summed E-state index contributed by atoms with van der Waals surface area (Å²) in [6.07, 6.45) is 7.75. The zero-order valence-corrected chi connectivity index (χ0v) is 11.0. The quantitative estimate of drug-likeness (QED) is 0.628. The average molecular weight is 259 g/mol. The van der Waals surface area contributed by atoms with E-state index in [1.165, 1.54) is 37.0 Å². The number of nitrogens with one attached hydrogen (secondary N) is 1. The summed E-state index contributed by atoms with van der Waals surface area (Å²) < 4.78 is 0.867. The normalized spacial score (nSPS) is 19.1. The highest BCUT2D eigenvalue weighted by Gasteiger charge is 2.20. The maximum absolute atomic E-state index is 5.92. The van der Waals surface area contributed by atoms with Gasteiger partial charge >= 0.3 is 0 Å². The predicted octanol–water partition coefficient (Wildman–Crippen LogP) is 3.36. The molecule has 1 aliphatic rings. The van der Waals surface area contributed by atoms with E-state index in [4.69, 9.17) is 17.4 Å². The standard InChI is InChI=1S/C12H19ClN2S/c13-12-6-5-11(16-12)8-10(15-14)7-9-3-1-2-4-9/h5-6,9-10,15H,1-4,7-8,14H2. The largest absolute Gasteiger partial charge is 0.271 e. The van der Waals surface area contributed by atoms with Gasteiger partial charge in [0.05, 0.1) is 4.34 Å². The first-order chi connectivity index (χ1) is 7.78. The Morgan fingerprint density at radius 1 is 1.44 bits per heavy atom. The first kappa shape index (κ1) is 12.4. The van der Waals surface area contributed by atoms with Crippen LogP contribution in [0.2, 0.25) is 4.34 Å². The van der Waals surface area contributed by atoms with E-state index in [1.807, 2.05) is 6.07 Å². The molecule has 1 aromatic heterocycles. The minimum atomic E-state index is 0.401. The minimum absolute atomic E-state index is 0.401. The van der Waals surface area contributed by atoms with Gasteiger partial charge in [0.25, 0.3) is 0 Å². The smallest absolute Gasteiger partial charge is 0.0931 e. The summed E-state index contributed by atoms with van der Waals surface area (Å²) in [5, 5.41) is 0. The Morgan fingerprint density at radius 3 is 2.75 bits per heavy atom. The zero-order chi connectivity index (χ0) is 11.4. The maximum Gasteiger partial charge on any atom is 0.0931 e. The average Bonchev–Trinajstić information content (AvgIpc) is 2.89. The SMILES string of the molecule is NNC(Cc1ccc(Cl)s1)CC1CCCC1. The van der Waals surface area contributed by atoms with Gasteiger partial charge in [0, 0.05) is 10.9 Å². The van der Waals surface area contributed by atoms with Gasteiger partial charge < -0.3 is 0 Å². The van der Waals surface area contributed by atoms with Crippen LogP contribution in [-0.4, -0.2) is 6.04 Å². The molecule has 0 spiro atoms. The Hall–Kier alpha value is -0.0900. The van der Waals surface area contributed by atoms with Crippen LogP contribution in [-0.2, 0) is 6.42 Å².